The number of pyridine rings is 1. The maximum absolute atomic E-state index is 11.7. The number of rotatable bonds is 4. The van der Waals surface area contributed by atoms with Crippen molar-refractivity contribution in [1.82, 2.24) is 15.2 Å². The monoisotopic (exact) mass is 276 g/mol. The maximum atomic E-state index is 11.7. The third kappa shape index (κ3) is 5.30. The summed E-state index contributed by atoms with van der Waals surface area (Å²) in [6.07, 6.45) is 4.52. The number of H-pyrrole nitrogens is 1. The average Bonchev–Trinajstić information content (AvgIpc) is 2.92. The topological polar surface area (TPSA) is 108 Å². The van der Waals surface area contributed by atoms with Crippen LogP contribution < -0.4 is 5.32 Å². The van der Waals surface area contributed by atoms with Gasteiger partial charge in [0.15, 0.2) is 0 Å². The number of anilines is 1. The van der Waals surface area contributed by atoms with Crippen LogP contribution in [0.25, 0.3) is 0 Å². The summed E-state index contributed by atoms with van der Waals surface area (Å²) in [6, 6.07) is 5.59. The zero-order valence-corrected chi connectivity index (χ0v) is 11.0. The predicted molar refractivity (Wildman–Crippen MR) is 73.2 cm³/mol. The van der Waals surface area contributed by atoms with E-state index in [0.29, 0.717) is 5.82 Å². The number of hydrogen-bond donors (Lipinski definition) is 3. The van der Waals surface area contributed by atoms with E-state index in [-0.39, 0.29) is 18.8 Å². The smallest absolute Gasteiger partial charge is 0.290 e. The molecular weight excluding hydrogens is 260 g/mol. The Kier molecular flexibility index (Phi) is 6.46. The third-order valence-electron chi connectivity index (χ3n) is 2.41. The summed E-state index contributed by atoms with van der Waals surface area (Å²) in [6.45, 7) is 1.81. The Morgan fingerprint density at radius 1 is 1.45 bits per heavy atom. The fourth-order valence-corrected chi connectivity index (χ4v) is 1.51. The number of aromatic nitrogens is 3. The van der Waals surface area contributed by atoms with Gasteiger partial charge in [0.2, 0.25) is 5.91 Å². The highest BCUT2D eigenvalue weighted by Gasteiger charge is 2.05. The molecule has 106 valence electrons. The second-order valence-corrected chi connectivity index (χ2v) is 3.82. The van der Waals surface area contributed by atoms with E-state index in [1.54, 1.807) is 18.5 Å². The highest BCUT2D eigenvalue weighted by Crippen LogP contribution is 2.07. The van der Waals surface area contributed by atoms with Crippen LogP contribution >= 0.6 is 0 Å². The van der Waals surface area contributed by atoms with Crippen molar-refractivity contribution < 1.29 is 14.7 Å². The van der Waals surface area contributed by atoms with Gasteiger partial charge in [-0.1, -0.05) is 6.92 Å². The van der Waals surface area contributed by atoms with E-state index in [4.69, 9.17) is 9.90 Å². The van der Waals surface area contributed by atoms with Gasteiger partial charge in [0.25, 0.3) is 6.47 Å². The van der Waals surface area contributed by atoms with Gasteiger partial charge in [-0.2, -0.15) is 5.10 Å². The molecule has 0 spiro atoms. The number of nitrogens with zero attached hydrogens (tertiary/aromatic N) is 2. The van der Waals surface area contributed by atoms with E-state index in [0.717, 1.165) is 17.7 Å². The van der Waals surface area contributed by atoms with Crippen molar-refractivity contribution in [1.29, 1.82) is 0 Å². The highest BCUT2D eigenvalue weighted by molar-refractivity contribution is 5.91. The predicted octanol–water partition coefficient (Wildman–Crippen LogP) is 1.25. The van der Waals surface area contributed by atoms with Crippen LogP contribution in [0.4, 0.5) is 5.82 Å². The SMILES string of the molecule is CCc1ccnc(NC(=O)Cc2ccn[nH]2)c1.O=CO. The van der Waals surface area contributed by atoms with Crippen LogP contribution in [0.3, 0.4) is 0 Å². The third-order valence-corrected chi connectivity index (χ3v) is 2.41. The summed E-state index contributed by atoms with van der Waals surface area (Å²) in [5.74, 6) is 0.490. The fraction of sp³-hybridized carbons (Fsp3) is 0.231. The Balaban J connectivity index is 0.000000612. The Labute approximate surface area is 116 Å². The molecule has 1 amide bonds. The van der Waals surface area contributed by atoms with E-state index < -0.39 is 0 Å². The first-order valence-electron chi connectivity index (χ1n) is 6.00. The van der Waals surface area contributed by atoms with Gasteiger partial charge >= 0.3 is 0 Å². The minimum absolute atomic E-state index is 0.102. The van der Waals surface area contributed by atoms with E-state index in [9.17, 15) is 4.79 Å². The van der Waals surface area contributed by atoms with Crippen molar-refractivity contribution in [2.75, 3.05) is 5.32 Å². The van der Waals surface area contributed by atoms with Crippen LogP contribution in [-0.2, 0) is 22.4 Å². The molecule has 2 aromatic rings. The summed E-state index contributed by atoms with van der Waals surface area (Å²) in [5, 5.41) is 16.2. The van der Waals surface area contributed by atoms with Crippen LogP contribution in [0, 0.1) is 0 Å². The van der Waals surface area contributed by atoms with Gasteiger partial charge in [-0.3, -0.25) is 14.7 Å². The van der Waals surface area contributed by atoms with Crippen LogP contribution in [0.1, 0.15) is 18.2 Å². The van der Waals surface area contributed by atoms with Gasteiger partial charge < -0.3 is 10.4 Å². The zero-order valence-electron chi connectivity index (χ0n) is 11.0. The summed E-state index contributed by atoms with van der Waals surface area (Å²) in [7, 11) is 0. The molecule has 7 heteroatoms. The maximum Gasteiger partial charge on any atom is 0.290 e. The molecule has 0 unspecified atom stereocenters. The largest absolute Gasteiger partial charge is 0.483 e. The first kappa shape index (κ1) is 15.4. The minimum Gasteiger partial charge on any atom is -0.483 e. The molecule has 0 aliphatic carbocycles. The van der Waals surface area contributed by atoms with E-state index in [1.807, 2.05) is 12.1 Å². The molecule has 0 aliphatic rings. The molecular formula is C13H16N4O3. The van der Waals surface area contributed by atoms with Gasteiger partial charge in [0, 0.05) is 18.1 Å². The number of aromatic amines is 1. The Hall–Kier alpha value is -2.70. The van der Waals surface area contributed by atoms with Crippen LogP contribution in [0.5, 0.6) is 0 Å². The molecule has 3 N–H and O–H groups in total. The molecule has 0 radical (unpaired) electrons. The summed E-state index contributed by atoms with van der Waals surface area (Å²) in [5.41, 5.74) is 1.94. The highest BCUT2D eigenvalue weighted by atomic mass is 16.3. The number of carbonyl (C=O) groups excluding carboxylic acids is 1. The summed E-state index contributed by atoms with van der Waals surface area (Å²) >= 11 is 0. The lowest BCUT2D eigenvalue weighted by atomic mass is 10.2. The average molecular weight is 276 g/mol. The number of nitrogens with one attached hydrogen (secondary N) is 2. The first-order valence-corrected chi connectivity index (χ1v) is 6.00. The standard InChI is InChI=1S/C12H14N4O.CH2O2/c1-2-9-3-5-13-11(7-9)15-12(17)8-10-4-6-14-16-10;2-1-3/h3-7H,2,8H2,1H3,(H,14,16)(H,13,15,17);1H,(H,2,3). The van der Waals surface area contributed by atoms with Gasteiger partial charge in [0.1, 0.15) is 5.82 Å². The Morgan fingerprint density at radius 3 is 2.80 bits per heavy atom. The van der Waals surface area contributed by atoms with Gasteiger partial charge in [0.05, 0.1) is 6.42 Å². The lowest BCUT2D eigenvalue weighted by Gasteiger charge is -2.04. The Morgan fingerprint density at radius 2 is 2.20 bits per heavy atom. The van der Waals surface area contributed by atoms with E-state index >= 15 is 0 Å². The molecule has 2 heterocycles. The normalized spacial score (nSPS) is 9.25. The second kappa shape index (κ2) is 8.41. The summed E-state index contributed by atoms with van der Waals surface area (Å²) < 4.78 is 0. The van der Waals surface area contributed by atoms with Crippen LogP contribution in [-0.4, -0.2) is 32.7 Å². The van der Waals surface area contributed by atoms with Gasteiger partial charge in [-0.05, 0) is 30.2 Å². The molecule has 0 saturated heterocycles. The number of amides is 1. The first-order chi connectivity index (χ1) is 9.69. The molecule has 2 rings (SSSR count). The van der Waals surface area contributed by atoms with Crippen molar-refractivity contribution in [3.63, 3.8) is 0 Å². The second-order valence-electron chi connectivity index (χ2n) is 3.82. The van der Waals surface area contributed by atoms with Crippen molar-refractivity contribution >= 4 is 18.2 Å². The van der Waals surface area contributed by atoms with Crippen molar-refractivity contribution in [3.05, 3.63) is 41.9 Å². The van der Waals surface area contributed by atoms with Crippen LogP contribution in [0.2, 0.25) is 0 Å². The lowest BCUT2D eigenvalue weighted by Crippen LogP contribution is -2.15. The van der Waals surface area contributed by atoms with Crippen molar-refractivity contribution in [3.8, 4) is 0 Å². The molecule has 0 bridgehead atoms. The molecule has 7 nitrogen and oxygen atoms in total. The molecule has 0 aromatic carbocycles. The number of aryl methyl sites for hydroxylation is 1. The molecule has 2 aromatic heterocycles. The lowest BCUT2D eigenvalue weighted by molar-refractivity contribution is -0.123. The van der Waals surface area contributed by atoms with Crippen molar-refractivity contribution in [2.24, 2.45) is 0 Å². The molecule has 0 atom stereocenters. The molecule has 0 fully saturated rings. The quantitative estimate of drug-likeness (QED) is 0.728. The minimum atomic E-state index is -0.250. The van der Waals surface area contributed by atoms with Gasteiger partial charge in [-0.25, -0.2) is 4.98 Å². The van der Waals surface area contributed by atoms with E-state index in [1.165, 1.54) is 0 Å². The van der Waals surface area contributed by atoms with E-state index in [2.05, 4.69) is 27.4 Å². The fourth-order valence-electron chi connectivity index (χ4n) is 1.51. The number of carboxylic acid groups (broad SMARTS) is 1. The molecule has 20 heavy (non-hydrogen) atoms. The summed E-state index contributed by atoms with van der Waals surface area (Å²) in [4.78, 5) is 24.1. The van der Waals surface area contributed by atoms with Crippen LogP contribution in [0.15, 0.2) is 30.6 Å². The van der Waals surface area contributed by atoms with Gasteiger partial charge in [-0.15, -0.1) is 0 Å². The zero-order chi connectivity index (χ0) is 14.8. The number of hydrogen-bond acceptors (Lipinski definition) is 4. The molecule has 0 saturated carbocycles. The Bertz CT molecular complexity index is 540. The number of carbonyl (C=O) groups is 2. The molecule has 0 aliphatic heterocycles. The van der Waals surface area contributed by atoms with Crippen molar-refractivity contribution in [2.45, 2.75) is 19.8 Å².